The molecule has 43 heavy (non-hydrogen) atoms. The first kappa shape index (κ1) is 36.2. The molecule has 0 aromatic heterocycles. The number of carbonyl (C=O) groups excluding carboxylic acids is 4. The van der Waals surface area contributed by atoms with Crippen LogP contribution in [0.15, 0.2) is 24.3 Å². The van der Waals surface area contributed by atoms with Crippen LogP contribution in [0.5, 0.6) is 0 Å². The van der Waals surface area contributed by atoms with Gasteiger partial charge in [-0.15, -0.1) is 0 Å². The van der Waals surface area contributed by atoms with Crippen molar-refractivity contribution in [2.75, 3.05) is 13.1 Å². The molecular weight excluding hydrogens is 552 g/mol. The largest absolute Gasteiger partial charge is 0.455 e. The Bertz CT molecular complexity index is 869. The van der Waals surface area contributed by atoms with E-state index in [4.69, 9.17) is 18.9 Å². The van der Waals surface area contributed by atoms with Crippen LogP contribution in [-0.2, 0) is 28.5 Å². The highest BCUT2D eigenvalue weighted by Crippen LogP contribution is 2.43. The molecule has 244 valence electrons. The number of carbonyl (C=O) groups is 4. The molecule has 0 aliphatic heterocycles. The summed E-state index contributed by atoms with van der Waals surface area (Å²) >= 11 is 0. The van der Waals surface area contributed by atoms with E-state index in [2.05, 4.69) is 23.8 Å². The predicted molar refractivity (Wildman–Crippen MR) is 164 cm³/mol. The van der Waals surface area contributed by atoms with Crippen molar-refractivity contribution in [1.82, 2.24) is 10.6 Å². The topological polar surface area (TPSA) is 129 Å². The fourth-order valence-corrected chi connectivity index (χ4v) is 5.96. The maximum atomic E-state index is 11.5. The lowest BCUT2D eigenvalue weighted by molar-refractivity contribution is -0.153. The zero-order valence-corrected chi connectivity index (χ0v) is 26.8. The van der Waals surface area contributed by atoms with Gasteiger partial charge in [-0.05, 0) is 97.3 Å². The quantitative estimate of drug-likeness (QED) is 0.181. The number of amides is 2. The molecule has 4 rings (SSSR count). The van der Waals surface area contributed by atoms with Crippen LogP contribution in [0.25, 0.3) is 0 Å². The molecule has 4 unspecified atom stereocenters. The number of rotatable bonds is 8. The number of nitrogens with one attached hydrogen (secondary N) is 2. The molecule has 4 aliphatic rings. The molecule has 0 radical (unpaired) electrons. The average Bonchev–Trinajstić information content (AvgIpc) is 3.63. The molecule has 0 saturated heterocycles. The third-order valence-electron chi connectivity index (χ3n) is 8.29. The number of hydrogen-bond donors (Lipinski definition) is 2. The van der Waals surface area contributed by atoms with Gasteiger partial charge in [0.2, 0.25) is 0 Å². The average molecular weight is 607 g/mol. The number of esters is 2. The van der Waals surface area contributed by atoms with Crippen molar-refractivity contribution in [1.29, 1.82) is 0 Å². The first-order valence-electron chi connectivity index (χ1n) is 16.2. The maximum Gasteiger partial charge on any atom is 0.407 e. The normalized spacial score (nSPS) is 27.1. The van der Waals surface area contributed by atoms with Crippen LogP contribution < -0.4 is 10.6 Å². The van der Waals surface area contributed by atoms with Gasteiger partial charge in [0.1, 0.15) is 24.4 Å². The van der Waals surface area contributed by atoms with Crippen molar-refractivity contribution in [2.24, 2.45) is 11.8 Å². The van der Waals surface area contributed by atoms with E-state index in [0.717, 1.165) is 51.4 Å². The SMILES string of the molecule is C1CC2CCC1C2.C=C(C)C(=O)OC1CCCCC1OC(=O)NCC.C=C(C)C(=O)OC1CCCCC1OC(=O)NCC. The minimum atomic E-state index is -0.458. The van der Waals surface area contributed by atoms with Gasteiger partial charge in [-0.2, -0.15) is 0 Å². The highest BCUT2D eigenvalue weighted by atomic mass is 16.6. The number of alkyl carbamates (subject to hydrolysis) is 2. The second-order valence-electron chi connectivity index (χ2n) is 12.1. The summed E-state index contributed by atoms with van der Waals surface area (Å²) < 4.78 is 21.1. The summed E-state index contributed by atoms with van der Waals surface area (Å²) in [5.74, 6) is 1.49. The van der Waals surface area contributed by atoms with Gasteiger partial charge < -0.3 is 29.6 Å². The zero-order chi connectivity index (χ0) is 31.8. The van der Waals surface area contributed by atoms with Gasteiger partial charge >= 0.3 is 24.1 Å². The summed E-state index contributed by atoms with van der Waals surface area (Å²) in [7, 11) is 0. The number of ether oxygens (including phenoxy) is 4. The lowest BCUT2D eigenvalue weighted by atomic mass is 9.94. The van der Waals surface area contributed by atoms with Crippen LogP contribution in [-0.4, -0.2) is 61.6 Å². The molecule has 4 atom stereocenters. The smallest absolute Gasteiger partial charge is 0.407 e. The summed E-state index contributed by atoms with van der Waals surface area (Å²) in [6, 6.07) is 0. The van der Waals surface area contributed by atoms with Crippen molar-refractivity contribution < 1.29 is 38.1 Å². The summed E-state index contributed by atoms with van der Waals surface area (Å²) in [4.78, 5) is 45.8. The minimum absolute atomic E-state index is 0.353. The summed E-state index contributed by atoms with van der Waals surface area (Å²) in [5.41, 5.74) is 0.717. The summed E-state index contributed by atoms with van der Waals surface area (Å²) in [6.45, 7) is 15.0. The van der Waals surface area contributed by atoms with Crippen molar-refractivity contribution >= 4 is 24.1 Å². The van der Waals surface area contributed by atoms with Gasteiger partial charge in [0.05, 0.1) is 0 Å². The molecule has 2 amide bonds. The van der Waals surface area contributed by atoms with E-state index in [9.17, 15) is 19.2 Å². The molecule has 0 aromatic carbocycles. The molecule has 2 N–H and O–H groups in total. The van der Waals surface area contributed by atoms with Gasteiger partial charge in [0, 0.05) is 24.2 Å². The van der Waals surface area contributed by atoms with Gasteiger partial charge in [-0.1, -0.05) is 38.8 Å². The Hall–Kier alpha value is -3.04. The monoisotopic (exact) mass is 606 g/mol. The first-order valence-corrected chi connectivity index (χ1v) is 16.2. The third kappa shape index (κ3) is 13.4. The number of hydrogen-bond acceptors (Lipinski definition) is 8. The highest BCUT2D eigenvalue weighted by molar-refractivity contribution is 5.87. The van der Waals surface area contributed by atoms with Crippen LogP contribution in [0.4, 0.5) is 9.59 Å². The van der Waals surface area contributed by atoms with Crippen LogP contribution >= 0.6 is 0 Å². The summed E-state index contributed by atoms with van der Waals surface area (Å²) in [6.07, 6.45) is 12.3. The fraction of sp³-hybridized carbons (Fsp3) is 0.758. The molecule has 2 bridgehead atoms. The van der Waals surface area contributed by atoms with Crippen LogP contribution in [0.1, 0.15) is 111 Å². The van der Waals surface area contributed by atoms with E-state index in [1.807, 2.05) is 13.8 Å². The van der Waals surface area contributed by atoms with Gasteiger partial charge in [0.15, 0.2) is 0 Å². The molecule has 0 aromatic rings. The summed E-state index contributed by atoms with van der Waals surface area (Å²) in [5, 5.41) is 5.14. The van der Waals surface area contributed by atoms with Gasteiger partial charge in [-0.25, -0.2) is 19.2 Å². The molecule has 10 heteroatoms. The van der Waals surface area contributed by atoms with Crippen molar-refractivity contribution in [2.45, 2.75) is 136 Å². The van der Waals surface area contributed by atoms with Gasteiger partial charge in [-0.3, -0.25) is 0 Å². The van der Waals surface area contributed by atoms with E-state index in [0.29, 0.717) is 24.2 Å². The Balaban J connectivity index is 0.000000244. The fourth-order valence-electron chi connectivity index (χ4n) is 5.96. The van der Waals surface area contributed by atoms with Gasteiger partial charge in [0.25, 0.3) is 0 Å². The van der Waals surface area contributed by atoms with Crippen molar-refractivity contribution in [3.63, 3.8) is 0 Å². The van der Waals surface area contributed by atoms with E-state index in [1.165, 1.54) is 11.8 Å². The predicted octanol–water partition coefficient (Wildman–Crippen LogP) is 6.52. The second kappa shape index (κ2) is 19.3. The van der Waals surface area contributed by atoms with Crippen LogP contribution in [0.3, 0.4) is 0 Å². The Labute approximate surface area is 257 Å². The Morgan fingerprint density at radius 2 is 0.860 bits per heavy atom. The molecule has 10 nitrogen and oxygen atoms in total. The first-order chi connectivity index (χ1) is 20.5. The molecule has 0 spiro atoms. The van der Waals surface area contributed by atoms with E-state index in [-0.39, 0.29) is 24.4 Å². The van der Waals surface area contributed by atoms with Crippen molar-refractivity contribution in [3.05, 3.63) is 24.3 Å². The van der Waals surface area contributed by atoms with Crippen LogP contribution in [0, 0.1) is 11.8 Å². The zero-order valence-electron chi connectivity index (χ0n) is 26.8. The van der Waals surface area contributed by atoms with Crippen LogP contribution in [0.2, 0.25) is 0 Å². The Morgan fingerprint density at radius 1 is 0.558 bits per heavy atom. The number of fused-ring (bicyclic) bond motifs is 2. The minimum Gasteiger partial charge on any atom is -0.455 e. The van der Waals surface area contributed by atoms with Crippen molar-refractivity contribution in [3.8, 4) is 0 Å². The highest BCUT2D eigenvalue weighted by Gasteiger charge is 2.33. The lowest BCUT2D eigenvalue weighted by Crippen LogP contribution is -2.40. The Morgan fingerprint density at radius 3 is 1.09 bits per heavy atom. The maximum absolute atomic E-state index is 11.5. The second-order valence-corrected chi connectivity index (χ2v) is 12.1. The van der Waals surface area contributed by atoms with E-state index >= 15 is 0 Å². The van der Waals surface area contributed by atoms with E-state index < -0.39 is 24.1 Å². The molecule has 4 fully saturated rings. The lowest BCUT2D eigenvalue weighted by Gasteiger charge is -2.30. The molecule has 0 heterocycles. The molecule has 4 aliphatic carbocycles. The molecule has 4 saturated carbocycles. The van der Waals surface area contributed by atoms with E-state index in [1.54, 1.807) is 46.0 Å². The standard InChI is InChI=1S/2C13H21NO4.C7H12/c2*1-4-14-13(16)18-11-8-6-5-7-10(11)17-12(15)9(2)3;1-2-7-4-3-6(1)5-7/h2*10-11H,2,4-8H2,1,3H3,(H,14,16);6-7H,1-5H2. The Kier molecular flexibility index (Phi) is 16.2. The third-order valence-corrected chi connectivity index (χ3v) is 8.29. The molecular formula is C33H54N2O8.